The first kappa shape index (κ1) is 18.0. The molecular weight excluding hydrogens is 348 g/mol. The second-order valence-corrected chi connectivity index (χ2v) is 7.78. The maximum absolute atomic E-state index is 13.4. The topological polar surface area (TPSA) is 46.2 Å². The van der Waals surface area contributed by atoms with Crippen molar-refractivity contribution in [2.75, 3.05) is 7.05 Å². The molecule has 0 heterocycles. The Kier molecular flexibility index (Phi) is 5.55. The standard InChI is InChI=1S/C21H17FNO2P/c1-23-21(25)18-13-12-15(20(22)24)14-19(18)26(16-8-4-2-5-9-16)17-10-6-3-7-11-17/h2-14H,1H3,(H,23,25). The molecule has 26 heavy (non-hydrogen) atoms. The number of benzene rings is 3. The molecule has 3 rings (SSSR count). The first-order valence-corrected chi connectivity index (χ1v) is 9.42. The summed E-state index contributed by atoms with van der Waals surface area (Å²) < 4.78 is 13.4. The van der Waals surface area contributed by atoms with Crippen LogP contribution < -0.4 is 21.2 Å². The molecule has 1 N–H and O–H groups in total. The first-order chi connectivity index (χ1) is 12.6. The molecule has 5 heteroatoms. The highest BCUT2D eigenvalue weighted by molar-refractivity contribution is 7.80. The number of carbonyl (C=O) groups is 2. The summed E-state index contributed by atoms with van der Waals surface area (Å²) in [6, 6.07) is 22.3. The van der Waals surface area contributed by atoms with Gasteiger partial charge in [-0.2, -0.15) is 4.39 Å². The molecule has 0 saturated carbocycles. The highest BCUT2D eigenvalue weighted by Gasteiger charge is 2.23. The zero-order chi connectivity index (χ0) is 18.5. The largest absolute Gasteiger partial charge is 0.355 e. The van der Waals surface area contributed by atoms with Crippen LogP contribution in [0.3, 0.4) is 0 Å². The van der Waals surface area contributed by atoms with E-state index in [1.54, 1.807) is 7.05 Å². The number of hydrogen-bond acceptors (Lipinski definition) is 2. The van der Waals surface area contributed by atoms with Crippen LogP contribution in [0.25, 0.3) is 0 Å². The van der Waals surface area contributed by atoms with E-state index in [2.05, 4.69) is 5.32 Å². The molecule has 0 aliphatic carbocycles. The number of rotatable bonds is 5. The van der Waals surface area contributed by atoms with Crippen molar-refractivity contribution in [3.05, 3.63) is 90.0 Å². The molecule has 0 fully saturated rings. The molecule has 1 amide bonds. The maximum Gasteiger partial charge on any atom is 0.332 e. The van der Waals surface area contributed by atoms with Crippen LogP contribution >= 0.6 is 7.92 Å². The van der Waals surface area contributed by atoms with Crippen molar-refractivity contribution in [1.82, 2.24) is 5.32 Å². The molecule has 3 aromatic carbocycles. The van der Waals surface area contributed by atoms with Gasteiger partial charge in [0.1, 0.15) is 0 Å². The lowest BCUT2D eigenvalue weighted by Crippen LogP contribution is -2.30. The lowest BCUT2D eigenvalue weighted by atomic mass is 10.1. The summed E-state index contributed by atoms with van der Waals surface area (Å²) in [5.74, 6) is -0.266. The summed E-state index contributed by atoms with van der Waals surface area (Å²) >= 11 is 0. The molecule has 0 spiro atoms. The van der Waals surface area contributed by atoms with Crippen molar-refractivity contribution >= 4 is 35.8 Å². The average molecular weight is 365 g/mol. The third-order valence-electron chi connectivity index (χ3n) is 3.97. The van der Waals surface area contributed by atoms with Crippen LogP contribution in [0.1, 0.15) is 20.7 Å². The van der Waals surface area contributed by atoms with Crippen LogP contribution in [0.4, 0.5) is 4.39 Å². The van der Waals surface area contributed by atoms with Gasteiger partial charge >= 0.3 is 6.04 Å². The van der Waals surface area contributed by atoms with Crippen LogP contribution in [-0.4, -0.2) is 19.0 Å². The van der Waals surface area contributed by atoms with Gasteiger partial charge in [0.25, 0.3) is 5.91 Å². The van der Waals surface area contributed by atoms with E-state index in [4.69, 9.17) is 0 Å². The van der Waals surface area contributed by atoms with Gasteiger partial charge < -0.3 is 5.32 Å². The molecular formula is C21H17FNO2P. The van der Waals surface area contributed by atoms with Gasteiger partial charge in [0.2, 0.25) is 0 Å². The van der Waals surface area contributed by atoms with Crippen molar-refractivity contribution in [3.63, 3.8) is 0 Å². The van der Waals surface area contributed by atoms with E-state index in [9.17, 15) is 14.0 Å². The zero-order valence-electron chi connectivity index (χ0n) is 14.1. The van der Waals surface area contributed by atoms with Gasteiger partial charge in [-0.25, -0.2) is 0 Å². The lowest BCUT2D eigenvalue weighted by molar-refractivity contribution is 0.0835. The van der Waals surface area contributed by atoms with Crippen molar-refractivity contribution < 1.29 is 14.0 Å². The highest BCUT2D eigenvalue weighted by atomic mass is 31.1. The quantitative estimate of drug-likeness (QED) is 0.558. The molecule has 0 bridgehead atoms. The van der Waals surface area contributed by atoms with Gasteiger partial charge in [0.15, 0.2) is 0 Å². The first-order valence-electron chi connectivity index (χ1n) is 8.08. The monoisotopic (exact) mass is 365 g/mol. The van der Waals surface area contributed by atoms with Crippen molar-refractivity contribution in [2.24, 2.45) is 0 Å². The van der Waals surface area contributed by atoms with Gasteiger partial charge in [-0.15, -0.1) is 0 Å². The average Bonchev–Trinajstić information content (AvgIpc) is 2.69. The molecule has 3 aromatic rings. The summed E-state index contributed by atoms with van der Waals surface area (Å²) in [5, 5.41) is 5.31. The van der Waals surface area contributed by atoms with Crippen molar-refractivity contribution in [1.29, 1.82) is 0 Å². The summed E-state index contributed by atoms with van der Waals surface area (Å²) in [6.07, 6.45) is 0. The molecule has 130 valence electrons. The summed E-state index contributed by atoms with van der Waals surface area (Å²) in [4.78, 5) is 23.7. The molecule has 0 aromatic heterocycles. The fraction of sp³-hybridized carbons (Fsp3) is 0.0476. The van der Waals surface area contributed by atoms with Gasteiger partial charge in [0, 0.05) is 12.6 Å². The van der Waals surface area contributed by atoms with Crippen LogP contribution in [0.5, 0.6) is 0 Å². The molecule has 0 aliphatic rings. The lowest BCUT2D eigenvalue weighted by Gasteiger charge is -2.22. The molecule has 0 atom stereocenters. The smallest absolute Gasteiger partial charge is 0.332 e. The van der Waals surface area contributed by atoms with E-state index in [0.29, 0.717) is 10.9 Å². The predicted molar refractivity (Wildman–Crippen MR) is 104 cm³/mol. The Morgan fingerprint density at radius 3 is 1.85 bits per heavy atom. The highest BCUT2D eigenvalue weighted by Crippen LogP contribution is 2.34. The number of amides is 1. The minimum atomic E-state index is -1.51. The number of nitrogens with one attached hydrogen (secondary N) is 1. The van der Waals surface area contributed by atoms with Gasteiger partial charge in [-0.1, -0.05) is 60.7 Å². The van der Waals surface area contributed by atoms with Crippen LogP contribution in [0, 0.1) is 0 Å². The van der Waals surface area contributed by atoms with Gasteiger partial charge in [0.05, 0.1) is 5.56 Å². The maximum atomic E-state index is 13.4. The Labute approximate surface area is 152 Å². The minimum Gasteiger partial charge on any atom is -0.355 e. The summed E-state index contributed by atoms with van der Waals surface area (Å²) in [7, 11) is 0.424. The number of hydrogen-bond donors (Lipinski definition) is 1. The molecule has 0 radical (unpaired) electrons. The Morgan fingerprint density at radius 2 is 1.38 bits per heavy atom. The number of halogens is 1. The Hall–Kier alpha value is -2.84. The third-order valence-corrected chi connectivity index (χ3v) is 6.45. The van der Waals surface area contributed by atoms with Crippen molar-refractivity contribution in [3.8, 4) is 0 Å². The Morgan fingerprint density at radius 1 is 0.846 bits per heavy atom. The second kappa shape index (κ2) is 8.03. The van der Waals surface area contributed by atoms with Gasteiger partial charge in [-0.05, 0) is 42.0 Å². The minimum absolute atomic E-state index is 0.0491. The third kappa shape index (κ3) is 3.71. The predicted octanol–water partition coefficient (Wildman–Crippen LogP) is 2.91. The molecule has 0 unspecified atom stereocenters. The SMILES string of the molecule is CNC(=O)c1ccc(C(=O)F)cc1P(c1ccccc1)c1ccccc1. The van der Waals surface area contributed by atoms with E-state index in [1.807, 2.05) is 60.7 Å². The van der Waals surface area contributed by atoms with Crippen LogP contribution in [0.15, 0.2) is 78.9 Å². The van der Waals surface area contributed by atoms with E-state index >= 15 is 0 Å². The number of carbonyl (C=O) groups excluding carboxylic acids is 2. The van der Waals surface area contributed by atoms with Crippen LogP contribution in [-0.2, 0) is 0 Å². The fourth-order valence-corrected chi connectivity index (χ4v) is 5.23. The van der Waals surface area contributed by atoms with Crippen molar-refractivity contribution in [2.45, 2.75) is 0 Å². The second-order valence-electron chi connectivity index (χ2n) is 5.59. The molecule has 0 saturated heterocycles. The van der Waals surface area contributed by atoms with E-state index in [1.165, 1.54) is 18.2 Å². The molecule has 0 aliphatic heterocycles. The molecule has 3 nitrogen and oxygen atoms in total. The zero-order valence-corrected chi connectivity index (χ0v) is 15.0. The summed E-state index contributed by atoms with van der Waals surface area (Å²) in [6.45, 7) is 0. The summed E-state index contributed by atoms with van der Waals surface area (Å²) in [5.41, 5.74) is 0.392. The van der Waals surface area contributed by atoms with Crippen LogP contribution in [0.2, 0.25) is 0 Å². The van der Waals surface area contributed by atoms with E-state index in [0.717, 1.165) is 10.6 Å². The van der Waals surface area contributed by atoms with Gasteiger partial charge in [-0.3, -0.25) is 9.59 Å². The van der Waals surface area contributed by atoms with E-state index in [-0.39, 0.29) is 11.5 Å². The Balaban J connectivity index is 2.28. The van der Waals surface area contributed by atoms with E-state index < -0.39 is 14.0 Å². The normalized spacial score (nSPS) is 10.6. The fourth-order valence-electron chi connectivity index (χ4n) is 2.75. The Bertz CT molecular complexity index is 890.